The number of hydrogen-bond donors (Lipinski definition) is 2. The van der Waals surface area contributed by atoms with Crippen LogP contribution in [-0.4, -0.2) is 44.5 Å². The van der Waals surface area contributed by atoms with Crippen molar-refractivity contribution in [3.8, 4) is 0 Å². The maximum atomic E-state index is 11.7. The summed E-state index contributed by atoms with van der Waals surface area (Å²) in [7, 11) is 1.56. The number of carboxylic acids is 1. The van der Waals surface area contributed by atoms with Crippen LogP contribution in [0.4, 0.5) is 0 Å². The summed E-state index contributed by atoms with van der Waals surface area (Å²) in [6.45, 7) is 5.50. The third-order valence-electron chi connectivity index (χ3n) is 3.62. The van der Waals surface area contributed by atoms with Gasteiger partial charge in [0.1, 0.15) is 0 Å². The molecular formula is C12H23N3O5. The molecule has 20 heavy (non-hydrogen) atoms. The Bertz CT molecular complexity index is 383. The Morgan fingerprint density at radius 1 is 1.45 bits per heavy atom. The molecule has 8 nitrogen and oxygen atoms in total. The number of nitrogens with zero attached hydrogens (tertiary/aromatic N) is 3. The van der Waals surface area contributed by atoms with Crippen LogP contribution in [0.15, 0.2) is 5.28 Å². The number of aliphatic hydroxyl groups is 1. The predicted octanol–water partition coefficient (Wildman–Crippen LogP) is 1.49. The van der Waals surface area contributed by atoms with E-state index in [4.69, 9.17) is 9.94 Å². The van der Waals surface area contributed by atoms with Crippen molar-refractivity contribution in [2.75, 3.05) is 7.05 Å². The fraction of sp³-hybridized carbons (Fsp3) is 0.917. The number of carbonyl (C=O) groups is 1. The zero-order valence-electron chi connectivity index (χ0n) is 12.4. The van der Waals surface area contributed by atoms with E-state index >= 15 is 0 Å². The SMILES string of the molecule is CN(/[N+]([O-])=N/OC1(O)CCC(C(=O)O)CC1)C(C)(C)C. The molecule has 0 aromatic carbocycles. The topological polar surface area (TPSA) is 108 Å². The van der Waals surface area contributed by atoms with Crippen LogP contribution in [0.25, 0.3) is 0 Å². The largest absolute Gasteiger partial charge is 0.569 e. The molecule has 2 N–H and O–H groups in total. The fourth-order valence-electron chi connectivity index (χ4n) is 1.83. The molecule has 116 valence electrons. The third-order valence-corrected chi connectivity index (χ3v) is 3.62. The van der Waals surface area contributed by atoms with E-state index in [1.807, 2.05) is 20.8 Å². The van der Waals surface area contributed by atoms with Gasteiger partial charge in [0.15, 0.2) is 0 Å². The molecule has 0 heterocycles. The van der Waals surface area contributed by atoms with Gasteiger partial charge >= 0.3 is 5.97 Å². The van der Waals surface area contributed by atoms with Gasteiger partial charge in [-0.1, -0.05) is 0 Å². The normalized spacial score (nSPS) is 28.1. The van der Waals surface area contributed by atoms with E-state index in [-0.39, 0.29) is 17.8 Å². The highest BCUT2D eigenvalue weighted by atomic mass is 16.8. The van der Waals surface area contributed by atoms with E-state index in [9.17, 15) is 15.1 Å². The summed E-state index contributed by atoms with van der Waals surface area (Å²) in [5, 5.41) is 35.4. The molecule has 0 spiro atoms. The monoisotopic (exact) mass is 289 g/mol. The van der Waals surface area contributed by atoms with E-state index < -0.39 is 23.2 Å². The molecule has 1 aliphatic carbocycles. The molecule has 1 aliphatic rings. The van der Waals surface area contributed by atoms with Crippen molar-refractivity contribution >= 4 is 5.97 Å². The molecule has 0 aromatic rings. The lowest BCUT2D eigenvalue weighted by molar-refractivity contribution is -0.723. The second-order valence-corrected chi connectivity index (χ2v) is 6.18. The number of aliphatic carboxylic acids is 1. The standard InChI is InChI=1S/C12H23N3O5/c1-11(2,3)14(4)15(19)13-20-12(18)7-5-9(6-8-12)10(16)17/h9,18H,5-8H2,1-4H3,(H,16,17)/b15-13-. The zero-order chi connectivity index (χ0) is 15.6. The number of carboxylic acid groups (broad SMARTS) is 1. The Morgan fingerprint density at radius 2 is 1.95 bits per heavy atom. The molecular weight excluding hydrogens is 266 g/mol. The van der Waals surface area contributed by atoms with Gasteiger partial charge in [-0.15, -0.1) is 5.01 Å². The minimum absolute atomic E-state index is 0.139. The van der Waals surface area contributed by atoms with E-state index in [0.717, 1.165) is 0 Å². The van der Waals surface area contributed by atoms with Crippen molar-refractivity contribution in [2.45, 2.75) is 57.8 Å². The maximum absolute atomic E-state index is 11.7. The summed E-state index contributed by atoms with van der Waals surface area (Å²) >= 11 is 0. The Kier molecular flexibility index (Phi) is 4.80. The summed E-state index contributed by atoms with van der Waals surface area (Å²) in [6, 6.07) is 0. The van der Waals surface area contributed by atoms with Gasteiger partial charge in [0.05, 0.1) is 23.5 Å². The molecule has 0 aliphatic heterocycles. The lowest BCUT2D eigenvalue weighted by Gasteiger charge is -2.31. The maximum Gasteiger partial charge on any atom is 0.306 e. The number of hydrogen-bond acceptors (Lipinski definition) is 5. The predicted molar refractivity (Wildman–Crippen MR) is 69.2 cm³/mol. The van der Waals surface area contributed by atoms with E-state index in [0.29, 0.717) is 12.8 Å². The Morgan fingerprint density at radius 3 is 2.35 bits per heavy atom. The molecule has 8 heteroatoms. The second-order valence-electron chi connectivity index (χ2n) is 6.18. The van der Waals surface area contributed by atoms with Crippen LogP contribution in [0.1, 0.15) is 46.5 Å². The Hall–Kier alpha value is -1.57. The summed E-state index contributed by atoms with van der Waals surface area (Å²) in [5.41, 5.74) is -0.432. The van der Waals surface area contributed by atoms with Crippen LogP contribution < -0.4 is 0 Å². The summed E-state index contributed by atoms with van der Waals surface area (Å²) < 4.78 is 0. The van der Waals surface area contributed by atoms with Crippen LogP contribution in [-0.2, 0) is 9.63 Å². The van der Waals surface area contributed by atoms with Gasteiger partial charge < -0.3 is 20.3 Å². The van der Waals surface area contributed by atoms with Crippen molar-refractivity contribution in [1.82, 2.24) is 5.01 Å². The van der Waals surface area contributed by atoms with Crippen molar-refractivity contribution < 1.29 is 24.8 Å². The minimum atomic E-state index is -1.56. The molecule has 0 amide bonds. The number of hydrazine groups is 1. The average Bonchev–Trinajstić information content (AvgIpc) is 2.34. The van der Waals surface area contributed by atoms with Gasteiger partial charge in [0, 0.05) is 12.8 Å². The van der Waals surface area contributed by atoms with Gasteiger partial charge in [-0.3, -0.25) is 4.79 Å². The van der Waals surface area contributed by atoms with Gasteiger partial charge in [-0.25, -0.2) is 0 Å². The van der Waals surface area contributed by atoms with Crippen LogP contribution in [0.5, 0.6) is 0 Å². The Labute approximate surface area is 118 Å². The van der Waals surface area contributed by atoms with Crippen LogP contribution in [0.2, 0.25) is 0 Å². The van der Waals surface area contributed by atoms with Crippen molar-refractivity contribution in [3.63, 3.8) is 0 Å². The highest BCUT2D eigenvalue weighted by Gasteiger charge is 2.39. The average molecular weight is 289 g/mol. The summed E-state index contributed by atoms with van der Waals surface area (Å²) in [5.74, 6) is -2.91. The molecule has 1 saturated carbocycles. The fourth-order valence-corrected chi connectivity index (χ4v) is 1.83. The Balaban J connectivity index is 2.59. The minimum Gasteiger partial charge on any atom is -0.569 e. The smallest absolute Gasteiger partial charge is 0.306 e. The van der Waals surface area contributed by atoms with Gasteiger partial charge in [-0.2, -0.15) is 0 Å². The first-order valence-electron chi connectivity index (χ1n) is 6.60. The van der Waals surface area contributed by atoms with Crippen molar-refractivity contribution in [3.05, 3.63) is 5.21 Å². The lowest BCUT2D eigenvalue weighted by Crippen LogP contribution is -2.43. The van der Waals surface area contributed by atoms with E-state index in [2.05, 4.69) is 5.28 Å². The highest BCUT2D eigenvalue weighted by molar-refractivity contribution is 5.70. The van der Waals surface area contributed by atoms with Gasteiger partial charge in [-0.05, 0) is 33.6 Å². The molecule has 0 radical (unpaired) electrons. The molecule has 0 saturated heterocycles. The van der Waals surface area contributed by atoms with Crippen molar-refractivity contribution in [1.29, 1.82) is 0 Å². The highest BCUT2D eigenvalue weighted by Crippen LogP contribution is 2.33. The van der Waals surface area contributed by atoms with Gasteiger partial charge in [0.25, 0.3) is 0 Å². The first-order chi connectivity index (χ1) is 9.05. The van der Waals surface area contributed by atoms with Crippen LogP contribution in [0, 0.1) is 11.1 Å². The molecule has 0 unspecified atom stereocenters. The van der Waals surface area contributed by atoms with Crippen LogP contribution in [0.3, 0.4) is 0 Å². The quantitative estimate of drug-likeness (QED) is 0.351. The van der Waals surface area contributed by atoms with E-state index in [1.165, 1.54) is 5.01 Å². The second kappa shape index (κ2) is 5.82. The summed E-state index contributed by atoms with van der Waals surface area (Å²) in [4.78, 5) is 16.0. The van der Waals surface area contributed by atoms with E-state index in [1.54, 1.807) is 7.05 Å². The third kappa shape index (κ3) is 4.22. The van der Waals surface area contributed by atoms with Crippen LogP contribution >= 0.6 is 0 Å². The summed E-state index contributed by atoms with van der Waals surface area (Å²) in [6.07, 6.45) is 0.881. The van der Waals surface area contributed by atoms with Crippen molar-refractivity contribution in [2.24, 2.45) is 11.2 Å². The first-order valence-corrected chi connectivity index (χ1v) is 6.60. The molecule has 1 fully saturated rings. The zero-order valence-corrected chi connectivity index (χ0v) is 12.4. The molecule has 1 rings (SSSR count). The first kappa shape index (κ1) is 16.5. The molecule has 0 aromatic heterocycles. The lowest BCUT2D eigenvalue weighted by atomic mass is 9.85. The molecule has 0 bridgehead atoms. The molecule has 0 atom stereocenters. The van der Waals surface area contributed by atoms with Gasteiger partial charge in [0.2, 0.25) is 11.1 Å². The number of rotatable bonds is 4.